The molecule has 43 valence electrons. The molecule has 0 fully saturated rings. The first-order valence-electron chi connectivity index (χ1n) is 0. The third kappa shape index (κ3) is 93.5. The number of rotatable bonds is 0. The van der Waals surface area contributed by atoms with E-state index in [4.69, 9.17) is 0 Å². The molecule has 0 spiro atoms. The first-order valence-corrected chi connectivity index (χ1v) is 0. The molecular formula is H6CoGeO4. The fourth-order valence-corrected chi connectivity index (χ4v) is 0. The molecule has 0 aromatic heterocycles. The van der Waals surface area contributed by atoms with Crippen molar-refractivity contribution in [3.05, 3.63) is 0 Å². The zero-order valence-electron chi connectivity index (χ0n) is 2.83. The van der Waals surface area contributed by atoms with Crippen molar-refractivity contribution in [1.29, 1.82) is 0 Å². The Morgan fingerprint density at radius 3 is 0.500 bits per heavy atom. The molecule has 4 nitrogen and oxygen atoms in total. The van der Waals surface area contributed by atoms with Gasteiger partial charge < -0.3 is 21.9 Å². The van der Waals surface area contributed by atoms with E-state index in [1.807, 2.05) is 0 Å². The maximum Gasteiger partial charge on any atom is -0.870 e. The van der Waals surface area contributed by atoms with E-state index < -0.39 is 0 Å². The molecule has 1 radical (unpaired) electrons. The molecule has 0 aliphatic carbocycles. The fourth-order valence-electron chi connectivity index (χ4n) is 0. The van der Waals surface area contributed by atoms with Crippen LogP contribution in [0.25, 0.3) is 0 Å². The maximum absolute atomic E-state index is 0. The van der Waals surface area contributed by atoms with Crippen LogP contribution >= 0.6 is 0 Å². The summed E-state index contributed by atoms with van der Waals surface area (Å²) in [5, 5.41) is 0. The Hall–Kier alpha value is 0.889. The van der Waals surface area contributed by atoms with E-state index in [1.165, 1.54) is 0 Å². The van der Waals surface area contributed by atoms with E-state index in [0.717, 1.165) is 0 Å². The van der Waals surface area contributed by atoms with Crippen molar-refractivity contribution in [1.82, 2.24) is 0 Å². The van der Waals surface area contributed by atoms with E-state index in [2.05, 4.69) is 0 Å². The Morgan fingerprint density at radius 2 is 0.500 bits per heavy atom. The Kier molecular flexibility index (Phi) is 8960. The molecule has 0 saturated carbocycles. The van der Waals surface area contributed by atoms with E-state index in [1.54, 1.807) is 0 Å². The SMILES string of the molecule is [Co+2].[GeH2+2].[OH-].[OH-].[OH-].[OH-]. The summed E-state index contributed by atoms with van der Waals surface area (Å²) < 4.78 is 0. The van der Waals surface area contributed by atoms with E-state index in [0.29, 0.717) is 0 Å². The first kappa shape index (κ1) is 302. The van der Waals surface area contributed by atoms with Gasteiger partial charge in [0, 0.05) is 0 Å². The van der Waals surface area contributed by atoms with Gasteiger partial charge in [-0.3, -0.25) is 0 Å². The quantitative estimate of drug-likeness (QED) is 0.437. The minimum absolute atomic E-state index is 0. The van der Waals surface area contributed by atoms with Crippen LogP contribution in [0.3, 0.4) is 0 Å². The van der Waals surface area contributed by atoms with E-state index in [9.17, 15) is 0 Å². The van der Waals surface area contributed by atoms with Gasteiger partial charge in [-0.15, -0.1) is 0 Å². The summed E-state index contributed by atoms with van der Waals surface area (Å²) in [6.45, 7) is 0. The van der Waals surface area contributed by atoms with Crippen LogP contribution in [-0.2, 0) is 16.8 Å². The van der Waals surface area contributed by atoms with Crippen LogP contribution in [0.4, 0.5) is 0 Å². The Balaban J connectivity index is 0. The third-order valence-electron chi connectivity index (χ3n) is 0. The molecule has 6 heteroatoms. The van der Waals surface area contributed by atoms with Crippen molar-refractivity contribution in [3.63, 3.8) is 0 Å². The summed E-state index contributed by atoms with van der Waals surface area (Å²) >= 11 is 0. The summed E-state index contributed by atoms with van der Waals surface area (Å²) in [7, 11) is 0. The van der Waals surface area contributed by atoms with E-state index in [-0.39, 0.29) is 56.3 Å². The second-order valence-corrected chi connectivity index (χ2v) is 0. The van der Waals surface area contributed by atoms with Gasteiger partial charge in [-0.25, -0.2) is 0 Å². The molecule has 4 N–H and O–H groups in total. The fraction of sp³-hybridized carbons (Fsp3) is 0. The summed E-state index contributed by atoms with van der Waals surface area (Å²) in [4.78, 5) is 0. The summed E-state index contributed by atoms with van der Waals surface area (Å²) in [6.07, 6.45) is 0. The van der Waals surface area contributed by atoms with Crippen LogP contribution in [-0.4, -0.2) is 39.5 Å². The molecular weight excluding hydrogens is 196 g/mol. The smallest absolute Gasteiger partial charge is 0.870 e. The minimum atomic E-state index is 0. The van der Waals surface area contributed by atoms with Gasteiger partial charge in [0.1, 0.15) is 0 Å². The second kappa shape index (κ2) is 178. The van der Waals surface area contributed by atoms with E-state index >= 15 is 0 Å². The van der Waals surface area contributed by atoms with Gasteiger partial charge in [-0.2, -0.15) is 0 Å². The topological polar surface area (TPSA) is 120 Å². The van der Waals surface area contributed by atoms with Gasteiger partial charge in [0.2, 0.25) is 0 Å². The molecule has 0 unspecified atom stereocenters. The number of hydrogen-bond acceptors (Lipinski definition) is 4. The molecule has 0 heterocycles. The normalized spacial score (nSPS) is 0. The Morgan fingerprint density at radius 1 is 0.500 bits per heavy atom. The molecule has 0 aliphatic heterocycles. The summed E-state index contributed by atoms with van der Waals surface area (Å²) in [6, 6.07) is 0. The Labute approximate surface area is 56.7 Å². The zero-order chi connectivity index (χ0) is 0. The van der Waals surface area contributed by atoms with Crippen LogP contribution < -0.4 is 0 Å². The summed E-state index contributed by atoms with van der Waals surface area (Å²) in [5.74, 6) is 0. The average molecular weight is 202 g/mol. The van der Waals surface area contributed by atoms with Crippen molar-refractivity contribution in [2.75, 3.05) is 0 Å². The van der Waals surface area contributed by atoms with Crippen LogP contribution in [0.5, 0.6) is 0 Å². The molecule has 0 rings (SSSR count). The monoisotopic (exact) mass is 203 g/mol. The average Bonchev–Trinajstić information content (AvgIpc) is 0. The van der Waals surface area contributed by atoms with Gasteiger partial charge in [-0.1, -0.05) is 0 Å². The van der Waals surface area contributed by atoms with Crippen LogP contribution in [0.2, 0.25) is 0 Å². The molecule has 0 saturated heterocycles. The van der Waals surface area contributed by atoms with Crippen LogP contribution in [0, 0.1) is 0 Å². The van der Waals surface area contributed by atoms with Gasteiger partial charge in [-0.05, 0) is 0 Å². The molecule has 0 atom stereocenters. The zero-order valence-corrected chi connectivity index (χ0v) is 6.84. The molecule has 0 bridgehead atoms. The second-order valence-electron chi connectivity index (χ2n) is 0. The minimum Gasteiger partial charge on any atom is -0.870 e. The molecule has 0 aromatic carbocycles. The van der Waals surface area contributed by atoms with Gasteiger partial charge >= 0.3 is 34.4 Å². The molecule has 0 amide bonds. The van der Waals surface area contributed by atoms with Crippen molar-refractivity contribution >= 4 is 17.6 Å². The van der Waals surface area contributed by atoms with Gasteiger partial charge in [0.15, 0.2) is 0 Å². The largest absolute Gasteiger partial charge is 0.870 e. The summed E-state index contributed by atoms with van der Waals surface area (Å²) in [5.41, 5.74) is 0. The predicted molar refractivity (Wildman–Crippen MR) is 16.3 cm³/mol. The predicted octanol–water partition coefficient (Wildman–Crippen LogP) is -1.63. The van der Waals surface area contributed by atoms with Crippen LogP contribution in [0.1, 0.15) is 0 Å². The standard InChI is InChI=1S/Co.GeH2.4H2O/h;5*1H2/q2*+2;;;;/p-4. The first-order chi connectivity index (χ1) is 0. The Bertz CT molecular complexity index is 7.51. The van der Waals surface area contributed by atoms with Crippen molar-refractivity contribution < 1.29 is 38.7 Å². The van der Waals surface area contributed by atoms with Gasteiger partial charge in [0.25, 0.3) is 0 Å². The van der Waals surface area contributed by atoms with Crippen molar-refractivity contribution in [2.24, 2.45) is 0 Å². The van der Waals surface area contributed by atoms with Gasteiger partial charge in [0.05, 0.1) is 0 Å². The van der Waals surface area contributed by atoms with Crippen molar-refractivity contribution in [3.8, 4) is 0 Å². The third-order valence-corrected chi connectivity index (χ3v) is 0. The number of hydrogen-bond donors (Lipinski definition) is 0. The molecule has 0 aliphatic rings. The van der Waals surface area contributed by atoms with Crippen molar-refractivity contribution in [2.45, 2.75) is 0 Å². The molecule has 0 aromatic rings. The maximum atomic E-state index is 0. The van der Waals surface area contributed by atoms with Crippen LogP contribution in [0.15, 0.2) is 0 Å². The molecule has 6 heavy (non-hydrogen) atoms.